The van der Waals surface area contributed by atoms with Gasteiger partial charge < -0.3 is 9.84 Å². The molecule has 10 heavy (non-hydrogen) atoms. The van der Waals surface area contributed by atoms with E-state index >= 15 is 0 Å². The fourth-order valence-corrected chi connectivity index (χ4v) is 0.761. The Bertz CT molecular complexity index is 203. The van der Waals surface area contributed by atoms with E-state index in [2.05, 4.69) is 11.3 Å². The van der Waals surface area contributed by atoms with Crippen LogP contribution in [-0.2, 0) is 9.53 Å². The van der Waals surface area contributed by atoms with Crippen LogP contribution in [0.4, 0.5) is 0 Å². The summed E-state index contributed by atoms with van der Waals surface area (Å²) in [5, 5.41) is 10.7. The molecule has 0 atom stereocenters. The number of rotatable bonds is 2. The number of carbonyl (C=O) groups excluding carboxylic acids is 1. The quantitative estimate of drug-likeness (QED) is 0.391. The van der Waals surface area contributed by atoms with E-state index in [0.29, 0.717) is 6.42 Å². The number of hydrogen-bond donors (Lipinski definition) is 0. The smallest absolute Gasteiger partial charge is 0.333 e. The molecule has 0 aromatic rings. The first-order valence-electron chi connectivity index (χ1n) is 2.92. The van der Waals surface area contributed by atoms with Crippen molar-refractivity contribution in [2.24, 2.45) is 0 Å². The van der Waals surface area contributed by atoms with Crippen LogP contribution in [0.1, 0.15) is 6.42 Å². The second kappa shape index (κ2) is 2.56. The molecule has 0 N–H and O–H groups in total. The van der Waals surface area contributed by atoms with E-state index in [-0.39, 0.29) is 17.9 Å². The van der Waals surface area contributed by atoms with Gasteiger partial charge >= 0.3 is 5.97 Å². The standard InChI is InChI=1S/C7H8O3/c1-2-3-5-6(8)4-10-7(5)9/h2,8H,1,3-4H2/p-1. The normalized spacial score (nSPS) is 17.4. The molecular weight excluding hydrogens is 132 g/mol. The van der Waals surface area contributed by atoms with Crippen molar-refractivity contribution in [2.75, 3.05) is 6.61 Å². The number of hydrogen-bond acceptors (Lipinski definition) is 3. The minimum Gasteiger partial charge on any atom is -0.873 e. The summed E-state index contributed by atoms with van der Waals surface area (Å²) >= 11 is 0. The van der Waals surface area contributed by atoms with Gasteiger partial charge in [0, 0.05) is 5.57 Å². The molecule has 54 valence electrons. The summed E-state index contributed by atoms with van der Waals surface area (Å²) in [4.78, 5) is 10.6. The monoisotopic (exact) mass is 139 g/mol. The maximum Gasteiger partial charge on any atom is 0.333 e. The number of esters is 1. The molecule has 0 spiro atoms. The first-order chi connectivity index (χ1) is 4.75. The van der Waals surface area contributed by atoms with E-state index in [1.54, 1.807) is 0 Å². The van der Waals surface area contributed by atoms with Gasteiger partial charge in [-0.2, -0.15) is 0 Å². The Morgan fingerprint density at radius 2 is 2.50 bits per heavy atom. The Labute approximate surface area is 58.6 Å². The summed E-state index contributed by atoms with van der Waals surface area (Å²) in [7, 11) is 0. The van der Waals surface area contributed by atoms with E-state index in [1.165, 1.54) is 6.08 Å². The lowest BCUT2D eigenvalue weighted by Gasteiger charge is -2.02. The first-order valence-corrected chi connectivity index (χ1v) is 2.92. The summed E-state index contributed by atoms with van der Waals surface area (Å²) in [6.45, 7) is 3.32. The second-order valence-corrected chi connectivity index (χ2v) is 1.97. The molecule has 0 unspecified atom stereocenters. The van der Waals surface area contributed by atoms with Gasteiger partial charge in [0.1, 0.15) is 6.61 Å². The molecule has 1 heterocycles. The molecule has 0 aromatic carbocycles. The number of allylic oxidation sites excluding steroid dienone is 1. The average Bonchev–Trinajstić information content (AvgIpc) is 2.20. The van der Waals surface area contributed by atoms with E-state index in [4.69, 9.17) is 0 Å². The van der Waals surface area contributed by atoms with Gasteiger partial charge in [-0.1, -0.05) is 11.8 Å². The lowest BCUT2D eigenvalue weighted by molar-refractivity contribution is -0.308. The third kappa shape index (κ3) is 1.03. The molecular formula is C7H7O3-. The molecule has 3 nitrogen and oxygen atoms in total. The highest BCUT2D eigenvalue weighted by molar-refractivity contribution is 5.91. The van der Waals surface area contributed by atoms with E-state index < -0.39 is 5.97 Å². The van der Waals surface area contributed by atoms with Crippen molar-refractivity contribution >= 4 is 5.97 Å². The van der Waals surface area contributed by atoms with Crippen molar-refractivity contribution in [2.45, 2.75) is 6.42 Å². The van der Waals surface area contributed by atoms with Crippen molar-refractivity contribution in [1.82, 2.24) is 0 Å². The molecule has 1 aliphatic heterocycles. The maximum absolute atomic E-state index is 10.7. The number of ether oxygens (including phenoxy) is 1. The maximum atomic E-state index is 10.7. The molecule has 0 radical (unpaired) electrons. The van der Waals surface area contributed by atoms with Gasteiger partial charge in [-0.3, -0.25) is 0 Å². The highest BCUT2D eigenvalue weighted by Gasteiger charge is 2.16. The fraction of sp³-hybridized carbons (Fsp3) is 0.286. The average molecular weight is 139 g/mol. The molecule has 0 amide bonds. The summed E-state index contributed by atoms with van der Waals surface area (Å²) in [6.07, 6.45) is 1.83. The lowest BCUT2D eigenvalue weighted by Crippen LogP contribution is -2.06. The van der Waals surface area contributed by atoms with Gasteiger partial charge in [-0.05, 0) is 6.42 Å². The van der Waals surface area contributed by atoms with Gasteiger partial charge in [0.2, 0.25) is 0 Å². The molecule has 0 bridgehead atoms. The molecule has 0 aliphatic carbocycles. The van der Waals surface area contributed by atoms with Crippen LogP contribution in [0.15, 0.2) is 24.0 Å². The topological polar surface area (TPSA) is 49.4 Å². The van der Waals surface area contributed by atoms with Crippen LogP contribution in [0.2, 0.25) is 0 Å². The summed E-state index contributed by atoms with van der Waals surface area (Å²) in [5.74, 6) is -0.713. The van der Waals surface area contributed by atoms with Crippen LogP contribution < -0.4 is 5.11 Å². The fourth-order valence-electron chi connectivity index (χ4n) is 0.761. The Morgan fingerprint density at radius 1 is 1.80 bits per heavy atom. The molecule has 3 heteroatoms. The first kappa shape index (κ1) is 6.86. The van der Waals surface area contributed by atoms with Crippen LogP contribution in [0.3, 0.4) is 0 Å². The van der Waals surface area contributed by atoms with Gasteiger partial charge in [-0.25, -0.2) is 4.79 Å². The lowest BCUT2D eigenvalue weighted by atomic mass is 10.2. The number of carbonyl (C=O) groups is 1. The predicted octanol–water partition coefficient (Wildman–Crippen LogP) is -0.266. The molecule has 0 saturated heterocycles. The molecule has 1 rings (SSSR count). The van der Waals surface area contributed by atoms with Crippen LogP contribution in [-0.4, -0.2) is 12.6 Å². The molecule has 1 aliphatic rings. The van der Waals surface area contributed by atoms with Crippen LogP contribution >= 0.6 is 0 Å². The highest BCUT2D eigenvalue weighted by Crippen LogP contribution is 2.14. The third-order valence-electron chi connectivity index (χ3n) is 1.27. The van der Waals surface area contributed by atoms with Crippen molar-refractivity contribution < 1.29 is 14.6 Å². The Morgan fingerprint density at radius 3 is 2.90 bits per heavy atom. The third-order valence-corrected chi connectivity index (χ3v) is 1.27. The van der Waals surface area contributed by atoms with Gasteiger partial charge in [0.25, 0.3) is 0 Å². The van der Waals surface area contributed by atoms with E-state index in [1.807, 2.05) is 0 Å². The largest absolute Gasteiger partial charge is 0.873 e. The zero-order chi connectivity index (χ0) is 7.56. The highest BCUT2D eigenvalue weighted by atomic mass is 16.5. The van der Waals surface area contributed by atoms with Crippen LogP contribution in [0.5, 0.6) is 0 Å². The van der Waals surface area contributed by atoms with Crippen molar-refractivity contribution in [3.05, 3.63) is 24.0 Å². The van der Waals surface area contributed by atoms with Crippen molar-refractivity contribution in [3.8, 4) is 0 Å². The second-order valence-electron chi connectivity index (χ2n) is 1.97. The Balaban J connectivity index is 2.77. The van der Waals surface area contributed by atoms with Gasteiger partial charge in [0.05, 0.1) is 0 Å². The minimum absolute atomic E-state index is 0.0952. The Kier molecular flexibility index (Phi) is 1.76. The predicted molar refractivity (Wildman–Crippen MR) is 32.8 cm³/mol. The summed E-state index contributed by atoms with van der Waals surface area (Å²) < 4.78 is 4.46. The summed E-state index contributed by atoms with van der Waals surface area (Å²) in [5.41, 5.74) is 0.218. The van der Waals surface area contributed by atoms with Gasteiger partial charge in [-0.15, -0.1) is 6.58 Å². The van der Waals surface area contributed by atoms with Crippen molar-refractivity contribution in [1.29, 1.82) is 0 Å². The van der Waals surface area contributed by atoms with E-state index in [0.717, 1.165) is 0 Å². The van der Waals surface area contributed by atoms with Gasteiger partial charge in [0.15, 0.2) is 0 Å². The zero-order valence-corrected chi connectivity index (χ0v) is 5.42. The van der Waals surface area contributed by atoms with E-state index in [9.17, 15) is 9.90 Å². The molecule has 0 fully saturated rings. The van der Waals surface area contributed by atoms with Crippen LogP contribution in [0.25, 0.3) is 0 Å². The number of cyclic esters (lactones) is 1. The summed E-state index contributed by atoms with van der Waals surface area (Å²) in [6, 6.07) is 0. The Hall–Kier alpha value is -1.25. The molecule has 0 aromatic heterocycles. The minimum atomic E-state index is -0.495. The zero-order valence-electron chi connectivity index (χ0n) is 5.42. The van der Waals surface area contributed by atoms with Crippen LogP contribution in [0, 0.1) is 0 Å². The molecule has 0 saturated carbocycles. The van der Waals surface area contributed by atoms with Crippen molar-refractivity contribution in [3.63, 3.8) is 0 Å². The SMILES string of the molecule is C=CCC1=C([O-])COC1=O.